The molecule has 28 heavy (non-hydrogen) atoms. The second kappa shape index (κ2) is 13.4. The SMILES string of the molecule is CCN1CCN(CC(C)CNC(=NC)NCC(C)c2cccc(C)c2)CC1.I. The van der Waals surface area contributed by atoms with Gasteiger partial charge in [-0.3, -0.25) is 4.99 Å². The minimum absolute atomic E-state index is 0. The van der Waals surface area contributed by atoms with Gasteiger partial charge in [0, 0.05) is 52.9 Å². The fourth-order valence-corrected chi connectivity index (χ4v) is 3.63. The van der Waals surface area contributed by atoms with Crippen LogP contribution >= 0.6 is 24.0 Å². The van der Waals surface area contributed by atoms with Crippen molar-refractivity contribution < 1.29 is 0 Å². The number of aryl methyl sites for hydroxylation is 1. The molecule has 2 unspecified atom stereocenters. The molecule has 0 saturated carbocycles. The van der Waals surface area contributed by atoms with Crippen LogP contribution in [0.15, 0.2) is 29.3 Å². The molecule has 1 aromatic rings. The van der Waals surface area contributed by atoms with Crippen molar-refractivity contribution in [3.63, 3.8) is 0 Å². The quantitative estimate of drug-likeness (QED) is 0.327. The van der Waals surface area contributed by atoms with Gasteiger partial charge < -0.3 is 20.4 Å². The number of nitrogens with zero attached hydrogens (tertiary/aromatic N) is 3. The van der Waals surface area contributed by atoms with E-state index in [1.165, 1.54) is 43.9 Å². The first-order valence-electron chi connectivity index (χ1n) is 10.5. The van der Waals surface area contributed by atoms with Gasteiger partial charge in [0.05, 0.1) is 0 Å². The number of halogens is 1. The molecule has 1 aromatic carbocycles. The summed E-state index contributed by atoms with van der Waals surface area (Å²) in [5, 5.41) is 6.98. The average molecular weight is 502 g/mol. The first-order chi connectivity index (χ1) is 13.0. The Kier molecular flexibility index (Phi) is 12.0. The third kappa shape index (κ3) is 8.66. The Labute approximate surface area is 189 Å². The highest BCUT2D eigenvalue weighted by atomic mass is 127. The molecule has 1 saturated heterocycles. The van der Waals surface area contributed by atoms with Crippen molar-refractivity contribution in [2.24, 2.45) is 10.9 Å². The van der Waals surface area contributed by atoms with Gasteiger partial charge in [-0.15, -0.1) is 24.0 Å². The lowest BCUT2D eigenvalue weighted by Crippen LogP contribution is -2.48. The number of rotatable bonds is 8. The molecule has 0 aliphatic carbocycles. The third-order valence-electron chi connectivity index (χ3n) is 5.51. The molecule has 6 heteroatoms. The van der Waals surface area contributed by atoms with Gasteiger partial charge in [0.1, 0.15) is 0 Å². The second-order valence-corrected chi connectivity index (χ2v) is 7.99. The molecule has 0 aromatic heterocycles. The maximum absolute atomic E-state index is 4.39. The lowest BCUT2D eigenvalue weighted by Gasteiger charge is -2.35. The molecule has 0 spiro atoms. The predicted octanol–water partition coefficient (Wildman–Crippen LogP) is 3.16. The van der Waals surface area contributed by atoms with E-state index < -0.39 is 0 Å². The fourth-order valence-electron chi connectivity index (χ4n) is 3.63. The van der Waals surface area contributed by atoms with Crippen LogP contribution in [0.4, 0.5) is 0 Å². The molecule has 0 bridgehead atoms. The summed E-state index contributed by atoms with van der Waals surface area (Å²) >= 11 is 0. The van der Waals surface area contributed by atoms with Crippen molar-refractivity contribution in [1.29, 1.82) is 0 Å². The molecular weight excluding hydrogens is 461 g/mol. The van der Waals surface area contributed by atoms with E-state index in [0.717, 1.165) is 25.6 Å². The van der Waals surface area contributed by atoms with Crippen LogP contribution in [0.1, 0.15) is 37.8 Å². The van der Waals surface area contributed by atoms with Crippen molar-refractivity contribution in [2.75, 3.05) is 59.4 Å². The minimum atomic E-state index is 0. The van der Waals surface area contributed by atoms with Gasteiger partial charge >= 0.3 is 0 Å². The summed E-state index contributed by atoms with van der Waals surface area (Å²) in [7, 11) is 1.85. The van der Waals surface area contributed by atoms with E-state index in [9.17, 15) is 0 Å². The Morgan fingerprint density at radius 3 is 2.32 bits per heavy atom. The summed E-state index contributed by atoms with van der Waals surface area (Å²) in [5.41, 5.74) is 2.69. The minimum Gasteiger partial charge on any atom is -0.356 e. The number of aliphatic imine (C=N–C) groups is 1. The van der Waals surface area contributed by atoms with Gasteiger partial charge in [0.15, 0.2) is 5.96 Å². The van der Waals surface area contributed by atoms with Gasteiger partial charge in [0.2, 0.25) is 0 Å². The number of piperazine rings is 1. The largest absolute Gasteiger partial charge is 0.356 e. The molecule has 1 heterocycles. The standard InChI is InChI=1S/C22H39N5.HI/c1-6-26-10-12-27(13-11-26)17-19(3)15-24-22(23-5)25-16-20(4)21-9-7-8-18(2)14-21;/h7-9,14,19-20H,6,10-13,15-17H2,1-5H3,(H2,23,24,25);1H. The smallest absolute Gasteiger partial charge is 0.191 e. The van der Waals surface area contributed by atoms with E-state index in [0.29, 0.717) is 11.8 Å². The molecule has 2 N–H and O–H groups in total. The normalized spacial score (nSPS) is 18.2. The highest BCUT2D eigenvalue weighted by Crippen LogP contribution is 2.15. The van der Waals surface area contributed by atoms with Gasteiger partial charge in [-0.1, -0.05) is 50.6 Å². The zero-order chi connectivity index (χ0) is 19.6. The van der Waals surface area contributed by atoms with E-state index in [1.54, 1.807) is 0 Å². The second-order valence-electron chi connectivity index (χ2n) is 7.99. The number of hydrogen-bond acceptors (Lipinski definition) is 3. The summed E-state index contributed by atoms with van der Waals surface area (Å²) in [4.78, 5) is 9.51. The highest BCUT2D eigenvalue weighted by molar-refractivity contribution is 14.0. The van der Waals surface area contributed by atoms with Crippen LogP contribution in [-0.4, -0.2) is 75.2 Å². The molecule has 0 amide bonds. The first-order valence-corrected chi connectivity index (χ1v) is 10.5. The number of benzene rings is 1. The lowest BCUT2D eigenvalue weighted by molar-refractivity contribution is 0.124. The zero-order valence-electron chi connectivity index (χ0n) is 18.4. The van der Waals surface area contributed by atoms with Crippen molar-refractivity contribution >= 4 is 29.9 Å². The molecule has 5 nitrogen and oxygen atoms in total. The highest BCUT2D eigenvalue weighted by Gasteiger charge is 2.17. The maximum atomic E-state index is 4.39. The maximum Gasteiger partial charge on any atom is 0.191 e. The van der Waals surface area contributed by atoms with Crippen LogP contribution in [0.3, 0.4) is 0 Å². The summed E-state index contributed by atoms with van der Waals surface area (Å²) in [6.07, 6.45) is 0. The Morgan fingerprint density at radius 2 is 1.71 bits per heavy atom. The van der Waals surface area contributed by atoms with E-state index >= 15 is 0 Å². The van der Waals surface area contributed by atoms with Crippen LogP contribution in [0, 0.1) is 12.8 Å². The summed E-state index contributed by atoms with van der Waals surface area (Å²) < 4.78 is 0. The Balaban J connectivity index is 0.00000392. The fraction of sp³-hybridized carbons (Fsp3) is 0.682. The van der Waals surface area contributed by atoms with Gasteiger partial charge in [-0.2, -0.15) is 0 Å². The molecule has 2 atom stereocenters. The Hall–Kier alpha value is -0.860. The van der Waals surface area contributed by atoms with Gasteiger partial charge in [-0.05, 0) is 30.9 Å². The number of nitrogens with one attached hydrogen (secondary N) is 2. The van der Waals surface area contributed by atoms with Crippen LogP contribution in [0.25, 0.3) is 0 Å². The van der Waals surface area contributed by atoms with Crippen molar-refractivity contribution in [1.82, 2.24) is 20.4 Å². The molecule has 1 aliphatic rings. The van der Waals surface area contributed by atoms with Crippen LogP contribution < -0.4 is 10.6 Å². The topological polar surface area (TPSA) is 42.9 Å². The van der Waals surface area contributed by atoms with Crippen molar-refractivity contribution in [3.8, 4) is 0 Å². The molecule has 0 radical (unpaired) electrons. The Morgan fingerprint density at radius 1 is 1.07 bits per heavy atom. The van der Waals surface area contributed by atoms with Crippen LogP contribution in [0.2, 0.25) is 0 Å². The summed E-state index contributed by atoms with van der Waals surface area (Å²) in [5.74, 6) is 1.96. The third-order valence-corrected chi connectivity index (χ3v) is 5.51. The molecule has 1 aliphatic heterocycles. The van der Waals surface area contributed by atoms with Gasteiger partial charge in [-0.25, -0.2) is 0 Å². The summed E-state index contributed by atoms with van der Waals surface area (Å²) in [6.45, 7) is 17.9. The number of hydrogen-bond donors (Lipinski definition) is 2. The zero-order valence-corrected chi connectivity index (χ0v) is 20.7. The van der Waals surface area contributed by atoms with E-state index in [1.807, 2.05) is 7.05 Å². The molecular formula is C22H40IN5. The van der Waals surface area contributed by atoms with Crippen LogP contribution in [0.5, 0.6) is 0 Å². The molecule has 160 valence electrons. The molecule has 2 rings (SSSR count). The number of likely N-dealkylation sites (N-methyl/N-ethyl adjacent to an activating group) is 1. The lowest BCUT2D eigenvalue weighted by atomic mass is 9.99. The first kappa shape index (κ1) is 25.2. The monoisotopic (exact) mass is 501 g/mol. The predicted molar refractivity (Wildman–Crippen MR) is 132 cm³/mol. The van der Waals surface area contributed by atoms with E-state index in [4.69, 9.17) is 0 Å². The van der Waals surface area contributed by atoms with E-state index in [-0.39, 0.29) is 24.0 Å². The van der Waals surface area contributed by atoms with Crippen molar-refractivity contribution in [3.05, 3.63) is 35.4 Å². The molecule has 1 fully saturated rings. The van der Waals surface area contributed by atoms with Gasteiger partial charge in [0.25, 0.3) is 0 Å². The van der Waals surface area contributed by atoms with Crippen LogP contribution in [-0.2, 0) is 0 Å². The van der Waals surface area contributed by atoms with Crippen molar-refractivity contribution in [2.45, 2.75) is 33.6 Å². The number of guanidine groups is 1. The Bertz CT molecular complexity index is 584. The van der Waals surface area contributed by atoms with E-state index in [2.05, 4.69) is 77.4 Å². The average Bonchev–Trinajstić information content (AvgIpc) is 2.68. The summed E-state index contributed by atoms with van der Waals surface area (Å²) in [6, 6.07) is 8.75.